The first-order valence-electron chi connectivity index (χ1n) is 4.30. The van der Waals surface area contributed by atoms with Gasteiger partial charge in [-0.1, -0.05) is 49.3 Å². The van der Waals surface area contributed by atoms with E-state index in [1.54, 1.807) is 6.92 Å². The van der Waals surface area contributed by atoms with Crippen LogP contribution >= 0.6 is 21.8 Å². The molecule has 1 rings (SSSR count). The predicted molar refractivity (Wildman–Crippen MR) is 57.8 cm³/mol. The Morgan fingerprint density at radius 3 is 1.88 bits per heavy atom. The molecule has 16 heavy (non-hydrogen) atoms. The van der Waals surface area contributed by atoms with E-state index in [9.17, 15) is 19.4 Å². The number of benzene rings is 1. The van der Waals surface area contributed by atoms with Gasteiger partial charge >= 0.3 is 0 Å². The maximum atomic E-state index is 12.1. The van der Waals surface area contributed by atoms with Gasteiger partial charge in [0.2, 0.25) is 0 Å². The lowest BCUT2D eigenvalue weighted by atomic mass is 10.1. The van der Waals surface area contributed by atoms with E-state index in [2.05, 4.69) is 0 Å². The molecule has 1 aromatic carbocycles. The van der Waals surface area contributed by atoms with E-state index in [-0.39, 0.29) is 5.56 Å². The van der Waals surface area contributed by atoms with E-state index in [4.69, 9.17) is 11.6 Å². The molecule has 0 fully saturated rings. The average molecular weight is 281 g/mol. The monoisotopic (exact) mass is 280 g/mol. The molecule has 0 saturated heterocycles. The fourth-order valence-corrected chi connectivity index (χ4v) is 2.75. The summed E-state index contributed by atoms with van der Waals surface area (Å²) in [6.07, 6.45) is 0. The lowest BCUT2D eigenvalue weighted by Crippen LogP contribution is -2.15. The first kappa shape index (κ1) is 13.6. The molecule has 1 atom stereocenters. The summed E-state index contributed by atoms with van der Waals surface area (Å²) < 4.78 is 60.7. The van der Waals surface area contributed by atoms with Crippen molar-refractivity contribution in [1.29, 1.82) is 0 Å². The molecule has 0 amide bonds. The van der Waals surface area contributed by atoms with Gasteiger partial charge in [-0.15, -0.1) is 11.6 Å². The molecule has 0 N–H and O–H groups in total. The van der Waals surface area contributed by atoms with Gasteiger partial charge in [-0.25, -0.2) is 0 Å². The molecule has 0 saturated carbocycles. The highest BCUT2D eigenvalue weighted by Gasteiger charge is 2.64. The second kappa shape index (κ2) is 3.26. The molecule has 0 aromatic heterocycles. The van der Waals surface area contributed by atoms with Crippen LogP contribution in [-0.4, -0.2) is 5.75 Å². The topological polar surface area (TPSA) is 0 Å². The average Bonchev–Trinajstić information content (AvgIpc) is 1.99. The summed E-state index contributed by atoms with van der Waals surface area (Å²) in [4.78, 5) is 0. The van der Waals surface area contributed by atoms with E-state index in [0.717, 1.165) is 5.56 Å². The number of hydrogen-bond donors (Lipinski definition) is 0. The molecule has 7 heteroatoms. The van der Waals surface area contributed by atoms with Gasteiger partial charge in [0.25, 0.3) is 10.2 Å². The summed E-state index contributed by atoms with van der Waals surface area (Å²) in [6.45, 7) is 1.73. The van der Waals surface area contributed by atoms with Gasteiger partial charge in [-0.05, 0) is 12.5 Å². The predicted octanol–water partition coefficient (Wildman–Crippen LogP) is 5.57. The van der Waals surface area contributed by atoms with Gasteiger partial charge in [0.15, 0.2) is 0 Å². The number of hydrogen-bond acceptors (Lipinski definition) is 0. The zero-order chi connectivity index (χ0) is 12.7. The van der Waals surface area contributed by atoms with Crippen LogP contribution in [0.25, 0.3) is 0 Å². The molecule has 0 radical (unpaired) electrons. The maximum Gasteiger partial charge on any atom is 0.287 e. The Kier molecular flexibility index (Phi) is 2.76. The normalized spacial score (nSPS) is 18.7. The minimum absolute atomic E-state index is 0.0421. The van der Waals surface area contributed by atoms with Crippen molar-refractivity contribution in [3.05, 3.63) is 35.4 Å². The summed E-state index contributed by atoms with van der Waals surface area (Å²) in [6, 6.07) is 5.68. The van der Waals surface area contributed by atoms with Crippen LogP contribution in [0.2, 0.25) is 0 Å². The van der Waals surface area contributed by atoms with Crippen molar-refractivity contribution in [2.24, 2.45) is 0 Å². The van der Waals surface area contributed by atoms with Crippen molar-refractivity contribution in [1.82, 2.24) is 0 Å². The molecule has 0 aliphatic carbocycles. The third-order valence-electron chi connectivity index (χ3n) is 1.90. The van der Waals surface area contributed by atoms with Gasteiger partial charge in [-0.2, -0.15) is 0 Å². The maximum absolute atomic E-state index is 12.1. The highest BCUT2D eigenvalue weighted by atomic mass is 35.5. The van der Waals surface area contributed by atoms with Crippen molar-refractivity contribution >= 4 is 21.8 Å². The fourth-order valence-electron chi connectivity index (χ4n) is 1.15. The second-order valence-electron chi connectivity index (χ2n) is 3.67. The number of alkyl halides is 1. The highest BCUT2D eigenvalue weighted by molar-refractivity contribution is 8.45. The molecular weight excluding hydrogens is 271 g/mol. The molecule has 1 aromatic rings. The van der Waals surface area contributed by atoms with Crippen LogP contribution in [0.3, 0.4) is 0 Å². The quantitative estimate of drug-likeness (QED) is 0.501. The zero-order valence-electron chi connectivity index (χ0n) is 8.27. The zero-order valence-corrected chi connectivity index (χ0v) is 9.84. The number of halogens is 6. The van der Waals surface area contributed by atoms with E-state index < -0.39 is 21.4 Å². The minimum Gasteiger partial charge on any atom is -0.117 e. The first-order chi connectivity index (χ1) is 6.86. The SMILES string of the molecule is Cc1ccc(C(Cl)CS(F)(F)(F)(F)F)cc1. The minimum atomic E-state index is -9.44. The van der Waals surface area contributed by atoms with E-state index in [1.807, 2.05) is 0 Å². The summed E-state index contributed by atoms with van der Waals surface area (Å²) >= 11 is 5.35. The van der Waals surface area contributed by atoms with Crippen LogP contribution in [0, 0.1) is 6.92 Å². The Balaban J connectivity index is 2.90. The van der Waals surface area contributed by atoms with Gasteiger partial charge in [0.05, 0.1) is 5.38 Å². The molecule has 0 spiro atoms. The molecule has 0 nitrogen and oxygen atoms in total. The highest BCUT2D eigenvalue weighted by Crippen LogP contribution is 2.98. The molecule has 0 aliphatic rings. The van der Waals surface area contributed by atoms with Crippen LogP contribution in [0.15, 0.2) is 24.3 Å². The van der Waals surface area contributed by atoms with Crippen molar-refractivity contribution in [3.8, 4) is 0 Å². The van der Waals surface area contributed by atoms with Crippen LogP contribution in [0.5, 0.6) is 0 Å². The lowest BCUT2D eigenvalue weighted by Gasteiger charge is -2.41. The summed E-state index contributed by atoms with van der Waals surface area (Å²) in [5.41, 5.74) is 0.862. The lowest BCUT2D eigenvalue weighted by molar-refractivity contribution is 0.363. The van der Waals surface area contributed by atoms with E-state index in [0.29, 0.717) is 0 Å². The van der Waals surface area contributed by atoms with Gasteiger partial charge in [-0.3, -0.25) is 0 Å². The Morgan fingerprint density at radius 2 is 1.50 bits per heavy atom. The molecule has 0 aliphatic heterocycles. The molecule has 0 bridgehead atoms. The summed E-state index contributed by atoms with van der Waals surface area (Å²) in [7, 11) is -9.44. The van der Waals surface area contributed by atoms with Crippen molar-refractivity contribution in [2.75, 3.05) is 5.75 Å². The van der Waals surface area contributed by atoms with Gasteiger partial charge in [0.1, 0.15) is 5.75 Å². The Bertz CT molecular complexity index is 382. The van der Waals surface area contributed by atoms with Crippen LogP contribution in [0.1, 0.15) is 16.5 Å². The van der Waals surface area contributed by atoms with Crippen LogP contribution < -0.4 is 0 Å². The van der Waals surface area contributed by atoms with Gasteiger partial charge < -0.3 is 0 Å². The molecule has 0 heterocycles. The standard InChI is InChI=1S/C9H10ClF5S/c1-7-2-4-8(5-3-7)9(10)6-16(11,12,13,14)15/h2-5,9H,6H2,1H3. The van der Waals surface area contributed by atoms with Crippen LogP contribution in [-0.2, 0) is 0 Å². The second-order valence-corrected chi connectivity index (χ2v) is 6.79. The third kappa shape index (κ3) is 5.03. The van der Waals surface area contributed by atoms with E-state index >= 15 is 0 Å². The Labute approximate surface area is 95.1 Å². The first-order valence-corrected chi connectivity index (χ1v) is 6.85. The summed E-state index contributed by atoms with van der Waals surface area (Å²) in [5, 5.41) is -1.75. The van der Waals surface area contributed by atoms with Crippen LogP contribution in [0.4, 0.5) is 19.4 Å². The number of rotatable bonds is 3. The van der Waals surface area contributed by atoms with E-state index in [1.165, 1.54) is 24.3 Å². The Morgan fingerprint density at radius 1 is 1.06 bits per heavy atom. The fraction of sp³-hybridized carbons (Fsp3) is 0.333. The molecule has 1 unspecified atom stereocenters. The molecular formula is C9H10ClF5S. The van der Waals surface area contributed by atoms with Crippen molar-refractivity contribution in [3.63, 3.8) is 0 Å². The van der Waals surface area contributed by atoms with Crippen molar-refractivity contribution < 1.29 is 19.4 Å². The Hall–Kier alpha value is -0.490. The number of aryl methyl sites for hydroxylation is 1. The van der Waals surface area contributed by atoms with Crippen molar-refractivity contribution in [2.45, 2.75) is 12.3 Å². The summed E-state index contributed by atoms with van der Waals surface area (Å²) in [5.74, 6) is -2.27. The largest absolute Gasteiger partial charge is 0.287 e. The third-order valence-corrected chi connectivity index (χ3v) is 3.45. The smallest absolute Gasteiger partial charge is 0.117 e. The molecule has 94 valence electrons. The van der Waals surface area contributed by atoms with Gasteiger partial charge in [0, 0.05) is 0 Å².